The summed E-state index contributed by atoms with van der Waals surface area (Å²) in [7, 11) is 0. The van der Waals surface area contributed by atoms with E-state index in [0.29, 0.717) is 0 Å². The molecule has 0 aliphatic carbocycles. The van der Waals surface area contributed by atoms with Gasteiger partial charge in [-0.25, -0.2) is 0 Å². The Hall–Kier alpha value is 0.799. The number of hydrogen-bond donors (Lipinski definition) is 0. The standard InChI is InChI=1S/2C9H19.Sn/c2*1-3-5-7-9-8-6-4-2;/h2*1,3-9H2,2H3;/q;;+2. The molecule has 1 heteroatoms. The molecule has 0 saturated carbocycles. The van der Waals surface area contributed by atoms with Crippen molar-refractivity contribution in [1.29, 1.82) is 0 Å². The average Bonchev–Trinajstić information content (AvgIpc) is 2.43. The zero-order valence-electron chi connectivity index (χ0n) is 13.8. The van der Waals surface area contributed by atoms with Crippen LogP contribution in [0.2, 0.25) is 8.87 Å². The molecule has 0 aliphatic heterocycles. The van der Waals surface area contributed by atoms with Gasteiger partial charge in [0.25, 0.3) is 0 Å². The van der Waals surface area contributed by atoms with Crippen LogP contribution < -0.4 is 0 Å². The van der Waals surface area contributed by atoms with Crippen molar-refractivity contribution in [2.24, 2.45) is 0 Å². The van der Waals surface area contributed by atoms with Gasteiger partial charge in [0.05, 0.1) is 0 Å². The maximum absolute atomic E-state index is 2.30. The fraction of sp³-hybridized carbons (Fsp3) is 1.00. The molecule has 0 spiro atoms. The molecule has 0 saturated heterocycles. The van der Waals surface area contributed by atoms with Gasteiger partial charge in [-0.05, 0) is 0 Å². The Morgan fingerprint density at radius 2 is 0.737 bits per heavy atom. The zero-order valence-corrected chi connectivity index (χ0v) is 16.7. The molecular formula is C18H38Sn+2. The second kappa shape index (κ2) is 18.8. The molecule has 112 valence electrons. The van der Waals surface area contributed by atoms with E-state index in [0.717, 1.165) is 0 Å². The van der Waals surface area contributed by atoms with Crippen LogP contribution in [0, 0.1) is 0 Å². The van der Waals surface area contributed by atoms with E-state index in [4.69, 9.17) is 0 Å². The summed E-state index contributed by atoms with van der Waals surface area (Å²) in [5.41, 5.74) is 0. The average molecular weight is 373 g/mol. The van der Waals surface area contributed by atoms with E-state index in [1.165, 1.54) is 77.0 Å². The van der Waals surface area contributed by atoms with Crippen molar-refractivity contribution in [1.82, 2.24) is 0 Å². The topological polar surface area (TPSA) is 0 Å². The van der Waals surface area contributed by atoms with Gasteiger partial charge in [0.2, 0.25) is 0 Å². The third kappa shape index (κ3) is 18.8. The molecular weight excluding hydrogens is 335 g/mol. The van der Waals surface area contributed by atoms with Crippen molar-refractivity contribution in [2.45, 2.75) is 113 Å². The van der Waals surface area contributed by atoms with Gasteiger partial charge in [0.1, 0.15) is 0 Å². The number of rotatable bonds is 16. The molecule has 0 aromatic carbocycles. The Kier molecular flexibility index (Phi) is 19.6. The first-order valence-corrected chi connectivity index (χ1v) is 13.2. The molecule has 0 bridgehead atoms. The van der Waals surface area contributed by atoms with Crippen LogP contribution in [-0.4, -0.2) is 21.1 Å². The van der Waals surface area contributed by atoms with E-state index in [2.05, 4.69) is 13.8 Å². The third-order valence-electron chi connectivity index (χ3n) is 3.91. The second-order valence-corrected chi connectivity index (χ2v) is 10.3. The Morgan fingerprint density at radius 1 is 0.421 bits per heavy atom. The third-order valence-corrected chi connectivity index (χ3v) is 7.95. The van der Waals surface area contributed by atoms with E-state index < -0.39 is 0 Å². The first-order valence-electron chi connectivity index (χ1n) is 9.12. The number of hydrogen-bond acceptors (Lipinski definition) is 0. The van der Waals surface area contributed by atoms with Crippen molar-refractivity contribution >= 4 is 21.1 Å². The van der Waals surface area contributed by atoms with E-state index in [1.807, 2.05) is 0 Å². The summed E-state index contributed by atoms with van der Waals surface area (Å²) in [5.74, 6) is 0. The minimum absolute atomic E-state index is 0.0623. The molecule has 0 unspecified atom stereocenters. The second-order valence-electron chi connectivity index (χ2n) is 5.99. The van der Waals surface area contributed by atoms with Gasteiger partial charge in [-0.2, -0.15) is 0 Å². The fourth-order valence-electron chi connectivity index (χ4n) is 2.54. The van der Waals surface area contributed by atoms with Gasteiger partial charge in [-0.3, -0.25) is 0 Å². The molecule has 19 heavy (non-hydrogen) atoms. The summed E-state index contributed by atoms with van der Waals surface area (Å²) in [6, 6.07) is 0. The predicted octanol–water partition coefficient (Wildman–Crippen LogP) is 7.03. The van der Waals surface area contributed by atoms with Crippen LogP contribution in [0.3, 0.4) is 0 Å². The summed E-state index contributed by atoms with van der Waals surface area (Å²) >= 11 is 0.0623. The van der Waals surface area contributed by atoms with Crippen molar-refractivity contribution in [3.8, 4) is 0 Å². The molecule has 0 N–H and O–H groups in total. The van der Waals surface area contributed by atoms with Gasteiger partial charge in [0.15, 0.2) is 0 Å². The molecule has 0 aromatic heterocycles. The summed E-state index contributed by atoms with van der Waals surface area (Å²) in [4.78, 5) is 0. The first kappa shape index (κ1) is 19.8. The van der Waals surface area contributed by atoms with Crippen molar-refractivity contribution in [3.63, 3.8) is 0 Å². The summed E-state index contributed by atoms with van der Waals surface area (Å²) < 4.78 is 3.32. The van der Waals surface area contributed by atoms with E-state index in [1.54, 1.807) is 21.7 Å². The summed E-state index contributed by atoms with van der Waals surface area (Å²) in [6.45, 7) is 4.60. The van der Waals surface area contributed by atoms with Gasteiger partial charge < -0.3 is 0 Å². The Labute approximate surface area is 133 Å². The van der Waals surface area contributed by atoms with Crippen molar-refractivity contribution in [3.05, 3.63) is 0 Å². The molecule has 0 radical (unpaired) electrons. The monoisotopic (exact) mass is 374 g/mol. The van der Waals surface area contributed by atoms with Crippen LogP contribution in [0.15, 0.2) is 0 Å². The van der Waals surface area contributed by atoms with E-state index in [9.17, 15) is 0 Å². The van der Waals surface area contributed by atoms with E-state index in [-0.39, 0.29) is 21.1 Å². The SMILES string of the molecule is CCCCCCCC[CH2][Sn+2][CH2]CCCCCCCC. The maximum atomic E-state index is 2.30. The van der Waals surface area contributed by atoms with Gasteiger partial charge in [0, 0.05) is 0 Å². The van der Waals surface area contributed by atoms with Crippen LogP contribution in [0.4, 0.5) is 0 Å². The Morgan fingerprint density at radius 3 is 1.11 bits per heavy atom. The van der Waals surface area contributed by atoms with Crippen LogP contribution in [0.5, 0.6) is 0 Å². The van der Waals surface area contributed by atoms with Gasteiger partial charge in [-0.1, -0.05) is 0 Å². The predicted molar refractivity (Wildman–Crippen MR) is 91.4 cm³/mol. The molecule has 0 aliphatic rings. The molecule has 0 rings (SSSR count). The van der Waals surface area contributed by atoms with E-state index >= 15 is 0 Å². The van der Waals surface area contributed by atoms with Gasteiger partial charge >= 0.3 is 134 Å². The van der Waals surface area contributed by atoms with Crippen LogP contribution in [-0.2, 0) is 0 Å². The van der Waals surface area contributed by atoms with Crippen molar-refractivity contribution < 1.29 is 0 Å². The quantitative estimate of drug-likeness (QED) is 0.201. The summed E-state index contributed by atoms with van der Waals surface area (Å²) in [6.07, 6.45) is 20.8. The van der Waals surface area contributed by atoms with Crippen LogP contribution >= 0.6 is 0 Å². The fourth-order valence-corrected chi connectivity index (χ4v) is 6.11. The molecule has 0 atom stereocenters. The molecule has 0 aromatic rings. The van der Waals surface area contributed by atoms with Crippen LogP contribution in [0.25, 0.3) is 0 Å². The molecule has 0 fully saturated rings. The Balaban J connectivity index is 2.88. The van der Waals surface area contributed by atoms with Crippen molar-refractivity contribution in [2.75, 3.05) is 0 Å². The zero-order chi connectivity index (χ0) is 14.0. The molecule has 0 heterocycles. The van der Waals surface area contributed by atoms with Gasteiger partial charge in [-0.15, -0.1) is 0 Å². The first-order chi connectivity index (χ1) is 9.41. The number of unbranched alkanes of at least 4 members (excludes halogenated alkanes) is 12. The molecule has 0 amide bonds. The van der Waals surface area contributed by atoms with Crippen LogP contribution in [0.1, 0.15) is 104 Å². The molecule has 0 nitrogen and oxygen atoms in total. The summed E-state index contributed by atoms with van der Waals surface area (Å²) in [5, 5.41) is 0. The minimum atomic E-state index is 0.0623. The normalized spacial score (nSPS) is 10.6. The Bertz CT molecular complexity index is 129.